The lowest BCUT2D eigenvalue weighted by Gasteiger charge is -2.09. The Hall–Kier alpha value is -2.98. The average molecular weight is 309 g/mol. The number of nitrogens with zero attached hydrogens (tertiary/aromatic N) is 1. The van der Waals surface area contributed by atoms with Crippen molar-refractivity contribution < 1.29 is 13.9 Å². The van der Waals surface area contributed by atoms with E-state index in [4.69, 9.17) is 14.7 Å². The second-order valence-corrected chi connectivity index (χ2v) is 4.73. The summed E-state index contributed by atoms with van der Waals surface area (Å²) in [7, 11) is 1.47. The van der Waals surface area contributed by atoms with Crippen molar-refractivity contribution in [3.8, 4) is 29.4 Å². The number of methoxy groups -OCH3 is 1. The van der Waals surface area contributed by atoms with Gasteiger partial charge in [-0.2, -0.15) is 5.26 Å². The molecule has 0 aliphatic rings. The van der Waals surface area contributed by atoms with Crippen LogP contribution in [-0.4, -0.2) is 13.7 Å². The van der Waals surface area contributed by atoms with Gasteiger partial charge in [-0.25, -0.2) is 4.39 Å². The lowest BCUT2D eigenvalue weighted by molar-refractivity contribution is 0.300. The number of benzene rings is 2. The summed E-state index contributed by atoms with van der Waals surface area (Å²) in [6.45, 7) is 0.382. The maximum Gasteiger partial charge on any atom is 0.163 e. The van der Waals surface area contributed by atoms with Crippen molar-refractivity contribution in [1.82, 2.24) is 0 Å². The number of hydrogen-bond donors (Lipinski definition) is 0. The molecule has 0 aliphatic heterocycles. The molecular formula is C19H16FNO2. The molecule has 0 saturated carbocycles. The molecule has 23 heavy (non-hydrogen) atoms. The van der Waals surface area contributed by atoms with Crippen LogP contribution >= 0.6 is 0 Å². The van der Waals surface area contributed by atoms with Crippen LogP contribution in [0, 0.1) is 29.0 Å². The number of ether oxygens (including phenoxy) is 2. The van der Waals surface area contributed by atoms with Crippen LogP contribution in [0.25, 0.3) is 0 Å². The Morgan fingerprint density at radius 3 is 2.78 bits per heavy atom. The molecule has 2 aromatic carbocycles. The molecule has 0 N–H and O–H groups in total. The molecule has 116 valence electrons. The summed E-state index contributed by atoms with van der Waals surface area (Å²) < 4.78 is 23.7. The summed E-state index contributed by atoms with van der Waals surface area (Å²) in [5, 5.41) is 8.69. The largest absolute Gasteiger partial charge is 0.493 e. The minimum atomic E-state index is -0.369. The molecule has 0 heterocycles. The lowest BCUT2D eigenvalue weighted by Crippen LogP contribution is -1.98. The number of nitriles is 1. The van der Waals surface area contributed by atoms with Crippen LogP contribution in [0.5, 0.6) is 11.5 Å². The van der Waals surface area contributed by atoms with Crippen LogP contribution in [0.15, 0.2) is 42.5 Å². The van der Waals surface area contributed by atoms with Gasteiger partial charge in [0.15, 0.2) is 11.5 Å². The van der Waals surface area contributed by atoms with E-state index in [2.05, 4.69) is 17.9 Å². The van der Waals surface area contributed by atoms with Crippen LogP contribution in [-0.2, 0) is 6.42 Å². The minimum absolute atomic E-state index is 0.363. The highest BCUT2D eigenvalue weighted by Gasteiger charge is 2.04. The highest BCUT2D eigenvalue weighted by Crippen LogP contribution is 2.27. The topological polar surface area (TPSA) is 42.2 Å². The highest BCUT2D eigenvalue weighted by atomic mass is 19.1. The van der Waals surface area contributed by atoms with Gasteiger partial charge in [-0.15, -0.1) is 0 Å². The van der Waals surface area contributed by atoms with Gasteiger partial charge < -0.3 is 9.47 Å². The molecule has 2 rings (SSSR count). The van der Waals surface area contributed by atoms with Gasteiger partial charge >= 0.3 is 0 Å². The van der Waals surface area contributed by atoms with Crippen molar-refractivity contribution in [3.05, 3.63) is 59.4 Å². The molecule has 0 amide bonds. The maximum absolute atomic E-state index is 13.1. The van der Waals surface area contributed by atoms with Crippen LogP contribution < -0.4 is 9.47 Å². The third kappa shape index (κ3) is 5.05. The minimum Gasteiger partial charge on any atom is -0.493 e. The standard InChI is InChI=1S/C19H16FNO2/c1-22-19-14-17(20)8-9-18(19)23-12-3-2-5-15-6-4-7-16(13-15)10-11-21/h4,6-9,13-14H,3,10,12H2,1H3. The SMILES string of the molecule is COc1cc(F)ccc1OCCC#Cc1cccc(CC#N)c1. The van der Waals surface area contributed by atoms with Gasteiger partial charge in [-0.05, 0) is 29.8 Å². The summed E-state index contributed by atoms with van der Waals surface area (Å²) >= 11 is 0. The predicted octanol–water partition coefficient (Wildman–Crippen LogP) is 3.72. The fraction of sp³-hybridized carbons (Fsp3) is 0.211. The Morgan fingerprint density at radius 2 is 2.00 bits per heavy atom. The van der Waals surface area contributed by atoms with Crippen LogP contribution in [0.3, 0.4) is 0 Å². The van der Waals surface area contributed by atoms with Crippen LogP contribution in [0.4, 0.5) is 4.39 Å². The van der Waals surface area contributed by atoms with E-state index in [1.165, 1.54) is 25.3 Å². The quantitative estimate of drug-likeness (QED) is 0.624. The predicted molar refractivity (Wildman–Crippen MR) is 85.7 cm³/mol. The summed E-state index contributed by atoms with van der Waals surface area (Å²) in [5.74, 6) is 6.54. The monoisotopic (exact) mass is 309 g/mol. The van der Waals surface area contributed by atoms with Crippen molar-refractivity contribution in [1.29, 1.82) is 5.26 Å². The van der Waals surface area contributed by atoms with E-state index >= 15 is 0 Å². The smallest absolute Gasteiger partial charge is 0.163 e. The molecule has 0 aromatic heterocycles. The van der Waals surface area contributed by atoms with E-state index in [0.717, 1.165) is 11.1 Å². The summed E-state index contributed by atoms with van der Waals surface area (Å²) in [6, 6.07) is 13.8. The number of rotatable bonds is 5. The van der Waals surface area contributed by atoms with E-state index in [9.17, 15) is 4.39 Å². The van der Waals surface area contributed by atoms with E-state index in [1.54, 1.807) is 0 Å². The van der Waals surface area contributed by atoms with Gasteiger partial charge in [0.25, 0.3) is 0 Å². The Morgan fingerprint density at radius 1 is 1.13 bits per heavy atom. The van der Waals surface area contributed by atoms with Gasteiger partial charge in [0, 0.05) is 18.1 Å². The number of hydrogen-bond acceptors (Lipinski definition) is 3. The molecule has 2 aromatic rings. The van der Waals surface area contributed by atoms with E-state index in [0.29, 0.717) is 30.9 Å². The zero-order valence-corrected chi connectivity index (χ0v) is 12.8. The molecule has 4 heteroatoms. The molecule has 3 nitrogen and oxygen atoms in total. The molecule has 0 atom stereocenters. The molecule has 0 spiro atoms. The Bertz CT molecular complexity index is 769. The molecule has 0 fully saturated rings. The van der Waals surface area contributed by atoms with Gasteiger partial charge in [0.05, 0.1) is 26.2 Å². The molecular weight excluding hydrogens is 293 g/mol. The lowest BCUT2D eigenvalue weighted by atomic mass is 10.1. The van der Waals surface area contributed by atoms with Crippen molar-refractivity contribution >= 4 is 0 Å². The zero-order valence-electron chi connectivity index (χ0n) is 12.8. The fourth-order valence-corrected chi connectivity index (χ4v) is 1.99. The average Bonchev–Trinajstić information content (AvgIpc) is 2.56. The summed E-state index contributed by atoms with van der Waals surface area (Å²) in [5.41, 5.74) is 1.82. The second-order valence-electron chi connectivity index (χ2n) is 4.73. The van der Waals surface area contributed by atoms with Gasteiger partial charge in [0.2, 0.25) is 0 Å². The van der Waals surface area contributed by atoms with Gasteiger partial charge in [0.1, 0.15) is 5.82 Å². The van der Waals surface area contributed by atoms with Crippen LogP contribution in [0.2, 0.25) is 0 Å². The first-order valence-corrected chi connectivity index (χ1v) is 7.14. The Kier molecular flexibility index (Phi) is 6.03. The molecule has 0 unspecified atom stereocenters. The Balaban J connectivity index is 1.89. The third-order valence-electron chi connectivity index (χ3n) is 3.05. The second kappa shape index (κ2) is 8.46. The highest BCUT2D eigenvalue weighted by molar-refractivity contribution is 5.40. The summed E-state index contributed by atoms with van der Waals surface area (Å²) in [4.78, 5) is 0. The van der Waals surface area contributed by atoms with E-state index in [-0.39, 0.29) is 5.82 Å². The first kappa shape index (κ1) is 16.4. The van der Waals surface area contributed by atoms with Crippen LogP contribution in [0.1, 0.15) is 17.5 Å². The van der Waals surface area contributed by atoms with Gasteiger partial charge in [-0.1, -0.05) is 24.0 Å². The molecule has 0 radical (unpaired) electrons. The van der Waals surface area contributed by atoms with E-state index in [1.807, 2.05) is 24.3 Å². The van der Waals surface area contributed by atoms with Crippen molar-refractivity contribution in [2.45, 2.75) is 12.8 Å². The molecule has 0 aliphatic carbocycles. The Labute approximate surface area is 135 Å². The van der Waals surface area contributed by atoms with Gasteiger partial charge in [-0.3, -0.25) is 0 Å². The third-order valence-corrected chi connectivity index (χ3v) is 3.05. The zero-order chi connectivity index (χ0) is 16.5. The number of halogens is 1. The van der Waals surface area contributed by atoms with Crippen molar-refractivity contribution in [2.24, 2.45) is 0 Å². The molecule has 0 saturated heterocycles. The normalized spacial score (nSPS) is 9.43. The van der Waals surface area contributed by atoms with E-state index < -0.39 is 0 Å². The summed E-state index contributed by atoms with van der Waals surface area (Å²) in [6.07, 6.45) is 0.909. The van der Waals surface area contributed by atoms with Crippen molar-refractivity contribution in [3.63, 3.8) is 0 Å². The first-order chi connectivity index (χ1) is 11.2. The molecule has 0 bridgehead atoms. The first-order valence-electron chi connectivity index (χ1n) is 7.14. The fourth-order valence-electron chi connectivity index (χ4n) is 1.99. The maximum atomic E-state index is 13.1. The van der Waals surface area contributed by atoms with Crippen molar-refractivity contribution in [2.75, 3.05) is 13.7 Å².